The molecule has 0 aliphatic heterocycles. The van der Waals surface area contributed by atoms with Gasteiger partial charge in [0.05, 0.1) is 5.54 Å². The van der Waals surface area contributed by atoms with Gasteiger partial charge >= 0.3 is 24.2 Å². The number of nitrogens with zero attached hydrogens (tertiary/aromatic N) is 1. The second-order valence-corrected chi connectivity index (χ2v) is 4.91. The van der Waals surface area contributed by atoms with Crippen LogP contribution in [0.25, 0.3) is 0 Å². The summed E-state index contributed by atoms with van der Waals surface area (Å²) in [4.78, 5) is 2.80. The minimum Gasteiger partial charge on any atom is -0.237 e. The molecule has 0 aromatic carbocycles. The van der Waals surface area contributed by atoms with E-state index in [-0.39, 0.29) is 0 Å². The van der Waals surface area contributed by atoms with Gasteiger partial charge < -0.3 is 0 Å². The Kier molecular flexibility index (Phi) is 4.88. The maximum atomic E-state index is 13.1. The minimum atomic E-state index is -6.93. The van der Waals surface area contributed by atoms with E-state index in [0.717, 1.165) is 20.8 Å². The molecule has 0 saturated carbocycles. The van der Waals surface area contributed by atoms with Crippen molar-refractivity contribution in [2.24, 2.45) is 4.99 Å². The molecule has 0 aliphatic carbocycles. The molecular weight excluding hydrogens is 324 g/mol. The summed E-state index contributed by atoms with van der Waals surface area (Å²) in [5.74, 6) is -12.9. The van der Waals surface area contributed by atoms with Gasteiger partial charge in [0.2, 0.25) is 0 Å². The number of hydrogen-bond acceptors (Lipinski definition) is 1. The van der Waals surface area contributed by atoms with Crippen LogP contribution in [-0.4, -0.2) is 35.6 Å². The molecule has 1 nitrogen and oxygen atoms in total. The molecule has 0 spiro atoms. The van der Waals surface area contributed by atoms with Crippen LogP contribution >= 0.6 is 0 Å². The highest BCUT2D eigenvalue weighted by molar-refractivity contribution is 5.63. The van der Waals surface area contributed by atoms with Crippen LogP contribution in [0.3, 0.4) is 0 Å². The molecule has 0 aromatic rings. The molecule has 0 aliphatic rings. The molecule has 11 heteroatoms. The first kappa shape index (κ1) is 19.8. The van der Waals surface area contributed by atoms with Gasteiger partial charge in [-0.05, 0) is 26.6 Å². The third-order valence-corrected chi connectivity index (χ3v) is 1.85. The van der Waals surface area contributed by atoms with Crippen molar-refractivity contribution in [2.45, 2.75) is 50.5 Å². The Morgan fingerprint density at radius 2 is 1.14 bits per heavy atom. The first-order valence-corrected chi connectivity index (χ1v) is 5.09. The minimum absolute atomic E-state index is 0.605. The van der Waals surface area contributed by atoms with Crippen LogP contribution in [0.15, 0.2) is 10.6 Å². The van der Waals surface area contributed by atoms with Crippen molar-refractivity contribution in [1.82, 2.24) is 0 Å². The maximum Gasteiger partial charge on any atom is 0.460 e. The van der Waals surface area contributed by atoms with Crippen molar-refractivity contribution in [1.29, 1.82) is 0 Å². The lowest BCUT2D eigenvalue weighted by Crippen LogP contribution is -2.55. The summed E-state index contributed by atoms with van der Waals surface area (Å²) in [5, 5.41) is 0. The second kappa shape index (κ2) is 5.19. The summed E-state index contributed by atoms with van der Waals surface area (Å²) in [6, 6.07) is 0. The zero-order valence-electron chi connectivity index (χ0n) is 10.7. The Morgan fingerprint density at radius 3 is 1.38 bits per heavy atom. The summed E-state index contributed by atoms with van der Waals surface area (Å²) in [6.45, 7) is 3.32. The number of rotatable bonds is 2. The molecule has 124 valence electrons. The standard InChI is InChI=1S/C10H9F10N/c1-6(2,3)21-4-5(8(13,14)15)7(11,12)9(16,17)10(18,19)20/h1-3H3. The Labute approximate surface area is 112 Å². The average Bonchev–Trinajstić information content (AvgIpc) is 2.10. The molecule has 0 radical (unpaired) electrons. The number of hydrogen-bond donors (Lipinski definition) is 0. The Balaban J connectivity index is 6.30. The molecular formula is C10H9F10N. The smallest absolute Gasteiger partial charge is 0.237 e. The van der Waals surface area contributed by atoms with Gasteiger partial charge in [-0.1, -0.05) is 0 Å². The van der Waals surface area contributed by atoms with Crippen molar-refractivity contribution >= 4 is 5.87 Å². The quantitative estimate of drug-likeness (QED) is 0.510. The Hall–Kier alpha value is -1.25. The Morgan fingerprint density at radius 1 is 0.762 bits per heavy atom. The first-order valence-electron chi connectivity index (χ1n) is 5.09. The fraction of sp³-hybridized carbons (Fsp3) is 0.800. The van der Waals surface area contributed by atoms with Gasteiger partial charge in [-0.15, -0.1) is 0 Å². The van der Waals surface area contributed by atoms with Crippen LogP contribution in [0.4, 0.5) is 43.9 Å². The summed E-state index contributed by atoms with van der Waals surface area (Å²) >= 11 is 0. The molecule has 0 heterocycles. The van der Waals surface area contributed by atoms with E-state index in [4.69, 9.17) is 0 Å². The number of halogens is 10. The third-order valence-electron chi connectivity index (χ3n) is 1.85. The van der Waals surface area contributed by atoms with E-state index in [0.29, 0.717) is 5.87 Å². The molecule has 0 N–H and O–H groups in total. The normalized spacial score (nSPS) is 14.7. The number of aliphatic imine (C=N–C) groups is 1. The van der Waals surface area contributed by atoms with Gasteiger partial charge in [0, 0.05) is 0 Å². The van der Waals surface area contributed by atoms with Crippen molar-refractivity contribution < 1.29 is 43.9 Å². The first-order chi connectivity index (χ1) is 8.84. The van der Waals surface area contributed by atoms with E-state index in [2.05, 4.69) is 4.99 Å². The summed E-state index contributed by atoms with van der Waals surface area (Å²) < 4.78 is 124. The van der Waals surface area contributed by atoms with Crippen molar-refractivity contribution in [3.05, 3.63) is 5.57 Å². The predicted octanol–water partition coefficient (Wildman–Crippen LogP) is 4.78. The van der Waals surface area contributed by atoms with Crippen LogP contribution < -0.4 is 0 Å². The van der Waals surface area contributed by atoms with E-state index in [1.807, 2.05) is 0 Å². The van der Waals surface area contributed by atoms with Gasteiger partial charge in [0.15, 0.2) is 5.57 Å². The van der Waals surface area contributed by atoms with E-state index < -0.39 is 35.3 Å². The lowest BCUT2D eigenvalue weighted by molar-refractivity contribution is -0.350. The molecule has 0 rings (SSSR count). The molecule has 0 bridgehead atoms. The van der Waals surface area contributed by atoms with Gasteiger partial charge in [-0.3, -0.25) is 0 Å². The van der Waals surface area contributed by atoms with Crippen molar-refractivity contribution in [2.75, 3.05) is 0 Å². The summed E-state index contributed by atoms with van der Waals surface area (Å²) in [5.41, 5.74) is -4.94. The van der Waals surface area contributed by atoms with E-state index in [1.165, 1.54) is 0 Å². The lowest BCUT2D eigenvalue weighted by Gasteiger charge is -2.29. The van der Waals surface area contributed by atoms with Crippen LogP contribution in [0, 0.1) is 0 Å². The summed E-state index contributed by atoms with van der Waals surface area (Å²) in [7, 11) is 0. The van der Waals surface area contributed by atoms with Gasteiger partial charge in [0.25, 0.3) is 0 Å². The SMILES string of the molecule is CC(C)(C)N=C=C(C(F)(F)F)C(F)(F)C(F)(F)C(F)(F)F. The topological polar surface area (TPSA) is 12.4 Å². The van der Waals surface area contributed by atoms with E-state index >= 15 is 0 Å². The zero-order valence-corrected chi connectivity index (χ0v) is 10.7. The molecule has 21 heavy (non-hydrogen) atoms. The molecule has 0 fully saturated rings. The van der Waals surface area contributed by atoms with Crippen LogP contribution in [0.1, 0.15) is 20.8 Å². The Bertz CT molecular complexity index is 442. The molecule has 0 unspecified atom stereocenters. The van der Waals surface area contributed by atoms with Gasteiger partial charge in [-0.2, -0.15) is 43.9 Å². The maximum absolute atomic E-state index is 13.1. The largest absolute Gasteiger partial charge is 0.460 e. The van der Waals surface area contributed by atoms with E-state index in [9.17, 15) is 43.9 Å². The highest BCUT2D eigenvalue weighted by atomic mass is 19.4. The highest BCUT2D eigenvalue weighted by Crippen LogP contribution is 2.52. The van der Waals surface area contributed by atoms with Crippen molar-refractivity contribution in [3.63, 3.8) is 0 Å². The fourth-order valence-corrected chi connectivity index (χ4v) is 0.870. The number of allylic oxidation sites excluding steroid dienone is 1. The lowest BCUT2D eigenvalue weighted by atomic mass is 10.0. The predicted molar refractivity (Wildman–Crippen MR) is 52.7 cm³/mol. The zero-order chi connectivity index (χ0) is 17.5. The number of alkyl halides is 10. The molecule has 0 amide bonds. The fourth-order valence-electron chi connectivity index (χ4n) is 0.870. The van der Waals surface area contributed by atoms with Crippen LogP contribution in [-0.2, 0) is 0 Å². The summed E-state index contributed by atoms with van der Waals surface area (Å²) in [6.07, 6.45) is -13.1. The highest BCUT2D eigenvalue weighted by Gasteiger charge is 2.77. The molecule has 0 aromatic heterocycles. The molecule has 0 atom stereocenters. The second-order valence-electron chi connectivity index (χ2n) is 4.91. The third kappa shape index (κ3) is 4.36. The van der Waals surface area contributed by atoms with Crippen LogP contribution in [0.5, 0.6) is 0 Å². The average molecular weight is 333 g/mol. The van der Waals surface area contributed by atoms with E-state index in [1.54, 1.807) is 0 Å². The van der Waals surface area contributed by atoms with Crippen molar-refractivity contribution in [3.8, 4) is 0 Å². The van der Waals surface area contributed by atoms with Gasteiger partial charge in [-0.25, -0.2) is 4.99 Å². The van der Waals surface area contributed by atoms with Crippen LogP contribution in [0.2, 0.25) is 0 Å². The monoisotopic (exact) mass is 333 g/mol. The molecule has 0 saturated heterocycles. The van der Waals surface area contributed by atoms with Gasteiger partial charge in [0.1, 0.15) is 0 Å².